The minimum Gasteiger partial charge on any atom is -0.397 e. The van der Waals surface area contributed by atoms with E-state index < -0.39 is 5.82 Å². The lowest BCUT2D eigenvalue weighted by Crippen LogP contribution is -2.14. The normalized spacial score (nSPS) is 17.1. The number of Topliss-reactive ketones (excluding diaryl/α,β-unsaturated/α-hetero) is 1. The van der Waals surface area contributed by atoms with Gasteiger partial charge in [0, 0.05) is 11.5 Å². The first-order chi connectivity index (χ1) is 15.0. The van der Waals surface area contributed by atoms with E-state index in [1.165, 1.54) is 12.1 Å². The monoisotopic (exact) mass is 414 g/mol. The zero-order valence-electron chi connectivity index (χ0n) is 17.0. The van der Waals surface area contributed by atoms with E-state index in [1.54, 1.807) is 12.1 Å². The molecule has 1 fully saturated rings. The number of halogens is 1. The van der Waals surface area contributed by atoms with Gasteiger partial charge < -0.3 is 11.1 Å². The molecule has 3 N–H and O–H groups in total. The van der Waals surface area contributed by atoms with Gasteiger partial charge in [-0.05, 0) is 72.4 Å². The van der Waals surface area contributed by atoms with Crippen molar-refractivity contribution >= 4 is 29.1 Å². The van der Waals surface area contributed by atoms with E-state index in [0.29, 0.717) is 17.7 Å². The Balaban J connectivity index is 1.39. The quantitative estimate of drug-likeness (QED) is 0.442. The number of nitrogens with two attached hydrogens (primary N) is 1. The molecule has 0 bridgehead atoms. The summed E-state index contributed by atoms with van der Waals surface area (Å²) in [5.41, 5.74) is 9.68. The number of nitrogen functional groups attached to an aromatic ring is 1. The maximum atomic E-state index is 13.2. The zero-order chi connectivity index (χ0) is 21.8. The SMILES string of the molecule is Nc1cc(F)ccc1NC(=O)c1ccc(CC2CCC(=Cc3ccccc3)C2=O)cc1. The number of allylic oxidation sites excluding steroid dienone is 1. The summed E-state index contributed by atoms with van der Waals surface area (Å²) in [6, 6.07) is 20.9. The van der Waals surface area contributed by atoms with Crippen LogP contribution in [0.2, 0.25) is 0 Å². The number of carbonyl (C=O) groups excluding carboxylic acids is 2. The Labute approximate surface area is 180 Å². The number of ketones is 1. The lowest BCUT2D eigenvalue weighted by atomic mass is 9.95. The van der Waals surface area contributed by atoms with Gasteiger partial charge in [0.2, 0.25) is 0 Å². The molecule has 1 saturated carbocycles. The molecule has 0 aliphatic heterocycles. The Hall–Kier alpha value is -3.73. The molecule has 1 atom stereocenters. The van der Waals surface area contributed by atoms with E-state index in [4.69, 9.17) is 5.73 Å². The lowest BCUT2D eigenvalue weighted by molar-refractivity contribution is -0.117. The standard InChI is InChI=1S/C26H23FN2O2/c27-22-12-13-24(23(28)16-22)29-26(31)19-8-6-18(7-9-19)15-21-11-10-20(25(21)30)14-17-4-2-1-3-5-17/h1-9,12-14,16,21H,10-11,15,28H2,(H,29,31). The first-order valence-electron chi connectivity index (χ1n) is 10.2. The molecule has 1 aliphatic rings. The molecule has 4 rings (SSSR count). The first-order valence-corrected chi connectivity index (χ1v) is 10.2. The van der Waals surface area contributed by atoms with Crippen molar-refractivity contribution in [3.05, 3.63) is 101 Å². The molecule has 0 heterocycles. The summed E-state index contributed by atoms with van der Waals surface area (Å²) in [5, 5.41) is 2.69. The number of hydrogen-bond acceptors (Lipinski definition) is 3. The van der Waals surface area contributed by atoms with E-state index in [2.05, 4.69) is 5.32 Å². The zero-order valence-corrected chi connectivity index (χ0v) is 17.0. The second-order valence-corrected chi connectivity index (χ2v) is 7.77. The Morgan fingerprint density at radius 2 is 1.81 bits per heavy atom. The molecule has 0 spiro atoms. The highest BCUT2D eigenvalue weighted by molar-refractivity contribution is 6.06. The topological polar surface area (TPSA) is 72.2 Å². The summed E-state index contributed by atoms with van der Waals surface area (Å²) in [7, 11) is 0. The van der Waals surface area contributed by atoms with Crippen LogP contribution in [0.4, 0.5) is 15.8 Å². The van der Waals surface area contributed by atoms with Crippen molar-refractivity contribution in [3.8, 4) is 0 Å². The van der Waals surface area contributed by atoms with Crippen molar-refractivity contribution in [1.29, 1.82) is 0 Å². The molecule has 0 radical (unpaired) electrons. The molecule has 0 saturated heterocycles. The van der Waals surface area contributed by atoms with Gasteiger partial charge in [0.1, 0.15) is 5.82 Å². The third kappa shape index (κ3) is 4.89. The van der Waals surface area contributed by atoms with Gasteiger partial charge in [0.05, 0.1) is 11.4 Å². The number of anilines is 2. The first kappa shape index (κ1) is 20.5. The highest BCUT2D eigenvalue weighted by Gasteiger charge is 2.29. The molecule has 5 heteroatoms. The van der Waals surface area contributed by atoms with Crippen molar-refractivity contribution in [2.45, 2.75) is 19.3 Å². The van der Waals surface area contributed by atoms with Gasteiger partial charge in [0.15, 0.2) is 5.78 Å². The molecule has 31 heavy (non-hydrogen) atoms. The van der Waals surface area contributed by atoms with Gasteiger partial charge in [-0.1, -0.05) is 42.5 Å². The smallest absolute Gasteiger partial charge is 0.255 e. The number of rotatable bonds is 5. The van der Waals surface area contributed by atoms with Crippen LogP contribution in [0.1, 0.15) is 34.3 Å². The molecule has 156 valence electrons. The number of amides is 1. The van der Waals surface area contributed by atoms with E-state index in [-0.39, 0.29) is 23.3 Å². The van der Waals surface area contributed by atoms with Crippen LogP contribution in [0.25, 0.3) is 6.08 Å². The predicted molar refractivity (Wildman–Crippen MR) is 121 cm³/mol. The van der Waals surface area contributed by atoms with Gasteiger partial charge in [-0.2, -0.15) is 0 Å². The van der Waals surface area contributed by atoms with Gasteiger partial charge >= 0.3 is 0 Å². The van der Waals surface area contributed by atoms with Crippen LogP contribution in [0.3, 0.4) is 0 Å². The molecular weight excluding hydrogens is 391 g/mol. The van der Waals surface area contributed by atoms with Gasteiger partial charge in [0.25, 0.3) is 5.91 Å². The molecule has 3 aromatic carbocycles. The maximum Gasteiger partial charge on any atom is 0.255 e. The number of nitrogens with one attached hydrogen (secondary N) is 1. The van der Waals surface area contributed by atoms with Crippen LogP contribution in [-0.4, -0.2) is 11.7 Å². The molecule has 1 amide bonds. The van der Waals surface area contributed by atoms with Gasteiger partial charge in [-0.15, -0.1) is 0 Å². The van der Waals surface area contributed by atoms with Crippen molar-refractivity contribution in [3.63, 3.8) is 0 Å². The molecule has 3 aromatic rings. The second-order valence-electron chi connectivity index (χ2n) is 7.77. The minimum atomic E-state index is -0.455. The summed E-state index contributed by atoms with van der Waals surface area (Å²) in [4.78, 5) is 25.2. The van der Waals surface area contributed by atoms with Crippen LogP contribution in [0.15, 0.2) is 78.4 Å². The number of benzene rings is 3. The van der Waals surface area contributed by atoms with Crippen LogP contribution in [-0.2, 0) is 11.2 Å². The van der Waals surface area contributed by atoms with Crippen LogP contribution < -0.4 is 11.1 Å². The van der Waals surface area contributed by atoms with Crippen molar-refractivity contribution < 1.29 is 14.0 Å². The van der Waals surface area contributed by atoms with E-state index in [1.807, 2.05) is 48.5 Å². The van der Waals surface area contributed by atoms with Crippen LogP contribution in [0, 0.1) is 11.7 Å². The molecular formula is C26H23FN2O2. The lowest BCUT2D eigenvalue weighted by Gasteiger charge is -2.10. The average molecular weight is 414 g/mol. The second kappa shape index (κ2) is 8.96. The minimum absolute atomic E-state index is 0.0337. The van der Waals surface area contributed by atoms with Gasteiger partial charge in [-0.25, -0.2) is 4.39 Å². The number of hydrogen-bond donors (Lipinski definition) is 2. The largest absolute Gasteiger partial charge is 0.397 e. The fourth-order valence-electron chi connectivity index (χ4n) is 3.85. The molecule has 1 unspecified atom stereocenters. The molecule has 4 nitrogen and oxygen atoms in total. The fourth-order valence-corrected chi connectivity index (χ4v) is 3.85. The number of carbonyl (C=O) groups is 2. The summed E-state index contributed by atoms with van der Waals surface area (Å²) in [6.45, 7) is 0. The molecule has 1 aliphatic carbocycles. The maximum absolute atomic E-state index is 13.2. The summed E-state index contributed by atoms with van der Waals surface area (Å²) < 4.78 is 13.2. The Bertz CT molecular complexity index is 1140. The van der Waals surface area contributed by atoms with Gasteiger partial charge in [-0.3, -0.25) is 9.59 Å². The predicted octanol–water partition coefficient (Wildman–Crippen LogP) is 5.27. The Morgan fingerprint density at radius 1 is 1.06 bits per heavy atom. The average Bonchev–Trinajstić information content (AvgIpc) is 3.10. The van der Waals surface area contributed by atoms with E-state index >= 15 is 0 Å². The summed E-state index contributed by atoms with van der Waals surface area (Å²) in [5.74, 6) is -0.607. The van der Waals surface area contributed by atoms with Crippen molar-refractivity contribution in [2.75, 3.05) is 11.1 Å². The van der Waals surface area contributed by atoms with Crippen molar-refractivity contribution in [1.82, 2.24) is 0 Å². The summed E-state index contributed by atoms with van der Waals surface area (Å²) in [6.07, 6.45) is 4.26. The van der Waals surface area contributed by atoms with E-state index in [9.17, 15) is 14.0 Å². The Morgan fingerprint density at radius 3 is 2.52 bits per heavy atom. The molecule has 0 aromatic heterocycles. The van der Waals surface area contributed by atoms with Crippen LogP contribution >= 0.6 is 0 Å². The third-order valence-corrected chi connectivity index (χ3v) is 5.55. The van der Waals surface area contributed by atoms with Crippen molar-refractivity contribution in [2.24, 2.45) is 5.92 Å². The fraction of sp³-hybridized carbons (Fsp3) is 0.154. The van der Waals surface area contributed by atoms with E-state index in [0.717, 1.165) is 35.6 Å². The highest BCUT2D eigenvalue weighted by Crippen LogP contribution is 2.31. The summed E-state index contributed by atoms with van der Waals surface area (Å²) >= 11 is 0. The Kier molecular flexibility index (Phi) is 5.94. The van der Waals surface area contributed by atoms with Crippen LogP contribution in [0.5, 0.6) is 0 Å². The highest BCUT2D eigenvalue weighted by atomic mass is 19.1. The third-order valence-electron chi connectivity index (χ3n) is 5.55.